The standard InChI is InChI=1S/C15H14ClNO2S/c1-18-9-10-3-2-4-11(7-10)19-12-5-6-13(15(17)20)14(16)8-12/h2-8H,9H2,1H3,(H2,17,20). The van der Waals surface area contributed by atoms with Gasteiger partial charge in [-0.25, -0.2) is 0 Å². The van der Waals surface area contributed by atoms with Gasteiger partial charge in [-0.1, -0.05) is 36.0 Å². The molecule has 0 aliphatic rings. The topological polar surface area (TPSA) is 44.5 Å². The zero-order valence-electron chi connectivity index (χ0n) is 10.9. The molecule has 2 aromatic carbocycles. The number of methoxy groups -OCH3 is 1. The first-order valence-electron chi connectivity index (χ1n) is 5.95. The lowest BCUT2D eigenvalue weighted by molar-refractivity contribution is 0.184. The molecule has 0 heterocycles. The molecule has 0 aromatic heterocycles. The normalized spacial score (nSPS) is 10.3. The van der Waals surface area contributed by atoms with Crippen molar-refractivity contribution in [1.29, 1.82) is 0 Å². The summed E-state index contributed by atoms with van der Waals surface area (Å²) in [6, 6.07) is 12.9. The van der Waals surface area contributed by atoms with E-state index in [4.69, 9.17) is 39.0 Å². The molecule has 0 saturated carbocycles. The maximum absolute atomic E-state index is 6.10. The van der Waals surface area contributed by atoms with Crippen molar-refractivity contribution in [2.24, 2.45) is 5.73 Å². The molecule has 0 atom stereocenters. The maximum atomic E-state index is 6.10. The van der Waals surface area contributed by atoms with Gasteiger partial charge in [0.1, 0.15) is 16.5 Å². The number of hydrogen-bond donors (Lipinski definition) is 1. The predicted octanol–water partition coefficient (Wildman–Crippen LogP) is 3.91. The molecule has 0 aliphatic carbocycles. The van der Waals surface area contributed by atoms with Gasteiger partial charge >= 0.3 is 0 Å². The van der Waals surface area contributed by atoms with Crippen LogP contribution in [0.4, 0.5) is 0 Å². The highest BCUT2D eigenvalue weighted by molar-refractivity contribution is 7.80. The van der Waals surface area contributed by atoms with Crippen LogP contribution >= 0.6 is 23.8 Å². The number of benzene rings is 2. The van der Waals surface area contributed by atoms with Crippen LogP contribution in [0, 0.1) is 0 Å². The first-order valence-corrected chi connectivity index (χ1v) is 6.74. The zero-order valence-corrected chi connectivity index (χ0v) is 12.5. The Morgan fingerprint density at radius 2 is 1.95 bits per heavy atom. The molecule has 0 amide bonds. The van der Waals surface area contributed by atoms with Crippen LogP contribution in [0.3, 0.4) is 0 Å². The summed E-state index contributed by atoms with van der Waals surface area (Å²) in [4.78, 5) is 0.267. The average Bonchev–Trinajstić information content (AvgIpc) is 2.39. The lowest BCUT2D eigenvalue weighted by Gasteiger charge is -2.09. The number of thiocarbonyl (C=S) groups is 1. The quantitative estimate of drug-likeness (QED) is 0.851. The van der Waals surface area contributed by atoms with Crippen molar-refractivity contribution in [3.63, 3.8) is 0 Å². The van der Waals surface area contributed by atoms with Crippen LogP contribution in [0.25, 0.3) is 0 Å². The average molecular weight is 308 g/mol. The first-order chi connectivity index (χ1) is 9.60. The van der Waals surface area contributed by atoms with E-state index in [0.717, 1.165) is 11.3 Å². The van der Waals surface area contributed by atoms with Crippen LogP contribution in [0.2, 0.25) is 5.02 Å². The van der Waals surface area contributed by atoms with Gasteiger partial charge in [-0.2, -0.15) is 0 Å². The Kier molecular flexibility index (Phi) is 4.95. The SMILES string of the molecule is COCc1cccc(Oc2ccc(C(N)=S)c(Cl)c2)c1. The second kappa shape index (κ2) is 6.70. The van der Waals surface area contributed by atoms with E-state index in [1.165, 1.54) is 0 Å². The van der Waals surface area contributed by atoms with Crippen LogP contribution in [-0.4, -0.2) is 12.1 Å². The molecular weight excluding hydrogens is 294 g/mol. The molecule has 2 aromatic rings. The Hall–Kier alpha value is -1.62. The summed E-state index contributed by atoms with van der Waals surface area (Å²) in [6.45, 7) is 0.540. The molecule has 0 aliphatic heterocycles. The molecule has 3 nitrogen and oxygen atoms in total. The van der Waals surface area contributed by atoms with Crippen molar-refractivity contribution in [3.05, 3.63) is 58.6 Å². The Bertz CT molecular complexity index is 631. The van der Waals surface area contributed by atoms with E-state index in [1.54, 1.807) is 25.3 Å². The van der Waals surface area contributed by atoms with Gasteiger partial charge in [0.2, 0.25) is 0 Å². The van der Waals surface area contributed by atoms with Crippen LogP contribution in [0.1, 0.15) is 11.1 Å². The number of halogens is 1. The zero-order chi connectivity index (χ0) is 14.5. The fourth-order valence-electron chi connectivity index (χ4n) is 1.76. The minimum absolute atomic E-state index is 0.267. The Labute approximate surface area is 128 Å². The van der Waals surface area contributed by atoms with E-state index in [1.807, 2.05) is 24.3 Å². The molecule has 2 rings (SSSR count). The van der Waals surface area contributed by atoms with Gasteiger partial charge in [-0.3, -0.25) is 0 Å². The van der Waals surface area contributed by atoms with Crippen LogP contribution in [0.5, 0.6) is 11.5 Å². The van der Waals surface area contributed by atoms with E-state index in [9.17, 15) is 0 Å². The Morgan fingerprint density at radius 1 is 1.20 bits per heavy atom. The minimum atomic E-state index is 0.267. The van der Waals surface area contributed by atoms with Crippen LogP contribution < -0.4 is 10.5 Å². The van der Waals surface area contributed by atoms with Crippen LogP contribution in [-0.2, 0) is 11.3 Å². The second-order valence-corrected chi connectivity index (χ2v) is 5.04. The number of nitrogens with two attached hydrogens (primary N) is 1. The minimum Gasteiger partial charge on any atom is -0.457 e. The monoisotopic (exact) mass is 307 g/mol. The summed E-state index contributed by atoms with van der Waals surface area (Å²) < 4.78 is 10.8. The van der Waals surface area contributed by atoms with Gasteiger partial charge < -0.3 is 15.2 Å². The molecule has 0 bridgehead atoms. The van der Waals surface area contributed by atoms with E-state index < -0.39 is 0 Å². The highest BCUT2D eigenvalue weighted by atomic mass is 35.5. The Morgan fingerprint density at radius 3 is 2.60 bits per heavy atom. The number of hydrogen-bond acceptors (Lipinski definition) is 3. The van der Waals surface area contributed by atoms with Crippen molar-refractivity contribution >= 4 is 28.8 Å². The van der Waals surface area contributed by atoms with Crippen molar-refractivity contribution < 1.29 is 9.47 Å². The highest BCUT2D eigenvalue weighted by Gasteiger charge is 2.06. The van der Waals surface area contributed by atoms with E-state index in [0.29, 0.717) is 22.9 Å². The molecule has 104 valence electrons. The number of rotatable bonds is 5. The molecule has 0 unspecified atom stereocenters. The second-order valence-electron chi connectivity index (χ2n) is 4.19. The highest BCUT2D eigenvalue weighted by Crippen LogP contribution is 2.27. The third-order valence-corrected chi connectivity index (χ3v) is 3.18. The first kappa shape index (κ1) is 14.8. The molecule has 0 spiro atoms. The van der Waals surface area contributed by atoms with Crippen molar-refractivity contribution in [1.82, 2.24) is 0 Å². The van der Waals surface area contributed by atoms with Crippen molar-refractivity contribution in [2.45, 2.75) is 6.61 Å². The van der Waals surface area contributed by atoms with Gasteiger partial charge in [0, 0.05) is 18.7 Å². The summed E-state index contributed by atoms with van der Waals surface area (Å²) in [5, 5.41) is 0.475. The molecule has 20 heavy (non-hydrogen) atoms. The molecule has 0 fully saturated rings. The van der Waals surface area contributed by atoms with E-state index in [2.05, 4.69) is 0 Å². The third kappa shape index (κ3) is 3.70. The lowest BCUT2D eigenvalue weighted by Crippen LogP contribution is -2.09. The maximum Gasteiger partial charge on any atom is 0.128 e. The summed E-state index contributed by atoms with van der Waals surface area (Å²) in [7, 11) is 1.65. The van der Waals surface area contributed by atoms with Gasteiger partial charge in [0.25, 0.3) is 0 Å². The fraction of sp³-hybridized carbons (Fsp3) is 0.133. The fourth-order valence-corrected chi connectivity index (χ4v) is 2.27. The summed E-state index contributed by atoms with van der Waals surface area (Å²) >= 11 is 11.0. The summed E-state index contributed by atoms with van der Waals surface area (Å²) in [6.07, 6.45) is 0. The Balaban J connectivity index is 2.19. The molecule has 2 N–H and O–H groups in total. The predicted molar refractivity (Wildman–Crippen MR) is 84.6 cm³/mol. The molecule has 0 saturated heterocycles. The largest absolute Gasteiger partial charge is 0.457 e. The van der Waals surface area contributed by atoms with E-state index in [-0.39, 0.29) is 4.99 Å². The smallest absolute Gasteiger partial charge is 0.128 e. The summed E-state index contributed by atoms with van der Waals surface area (Å²) in [5.41, 5.74) is 7.24. The van der Waals surface area contributed by atoms with Gasteiger partial charge in [0.15, 0.2) is 0 Å². The summed E-state index contributed by atoms with van der Waals surface area (Å²) in [5.74, 6) is 1.35. The number of ether oxygens (including phenoxy) is 2. The van der Waals surface area contributed by atoms with Gasteiger partial charge in [0.05, 0.1) is 11.6 Å². The molecule has 5 heteroatoms. The lowest BCUT2D eigenvalue weighted by atomic mass is 10.2. The van der Waals surface area contributed by atoms with Gasteiger partial charge in [-0.05, 0) is 29.8 Å². The van der Waals surface area contributed by atoms with Gasteiger partial charge in [-0.15, -0.1) is 0 Å². The van der Waals surface area contributed by atoms with E-state index >= 15 is 0 Å². The molecule has 0 radical (unpaired) electrons. The third-order valence-electron chi connectivity index (χ3n) is 2.65. The van der Waals surface area contributed by atoms with Crippen molar-refractivity contribution in [3.8, 4) is 11.5 Å². The van der Waals surface area contributed by atoms with Crippen LogP contribution in [0.15, 0.2) is 42.5 Å². The molecular formula is C15H14ClNO2S. The van der Waals surface area contributed by atoms with Crippen molar-refractivity contribution in [2.75, 3.05) is 7.11 Å².